The van der Waals surface area contributed by atoms with Crippen LogP contribution in [0.4, 0.5) is 5.69 Å². The zero-order valence-electron chi connectivity index (χ0n) is 15.8. The molecule has 2 aromatic carbocycles. The van der Waals surface area contributed by atoms with Gasteiger partial charge in [-0.1, -0.05) is 30.3 Å². The highest BCUT2D eigenvalue weighted by Crippen LogP contribution is 2.24. The van der Waals surface area contributed by atoms with E-state index in [1.807, 2.05) is 25.1 Å². The smallest absolute Gasteiger partial charge is 0.240 e. The van der Waals surface area contributed by atoms with Crippen LogP contribution in [0.25, 0.3) is 0 Å². The molecule has 0 unspecified atom stereocenters. The minimum absolute atomic E-state index is 0.0383. The number of benzene rings is 2. The summed E-state index contributed by atoms with van der Waals surface area (Å²) in [6, 6.07) is 16.7. The lowest BCUT2D eigenvalue weighted by Crippen LogP contribution is -2.43. The lowest BCUT2D eigenvalue weighted by Gasteiger charge is -2.35. The van der Waals surface area contributed by atoms with Crippen molar-refractivity contribution in [3.05, 3.63) is 60.2 Å². The molecule has 0 aromatic heterocycles. The van der Waals surface area contributed by atoms with Crippen molar-refractivity contribution < 1.29 is 13.2 Å². The predicted molar refractivity (Wildman–Crippen MR) is 108 cm³/mol. The zero-order chi connectivity index (χ0) is 19.3. The van der Waals surface area contributed by atoms with Crippen LogP contribution in [0.2, 0.25) is 0 Å². The third-order valence-corrected chi connectivity index (χ3v) is 6.24. The molecule has 146 valence electrons. The molecule has 6 nitrogen and oxygen atoms in total. The van der Waals surface area contributed by atoms with Gasteiger partial charge in [-0.2, -0.15) is 0 Å². The van der Waals surface area contributed by atoms with Crippen LogP contribution in [0.3, 0.4) is 0 Å². The van der Waals surface area contributed by atoms with Crippen LogP contribution < -0.4 is 9.62 Å². The fourth-order valence-corrected chi connectivity index (χ4v) is 4.27. The number of ether oxygens (including phenoxy) is 1. The average Bonchev–Trinajstić information content (AvgIpc) is 2.70. The van der Waals surface area contributed by atoms with E-state index in [4.69, 9.17) is 4.74 Å². The summed E-state index contributed by atoms with van der Waals surface area (Å²) >= 11 is 0. The largest absolute Gasteiger partial charge is 0.379 e. The van der Waals surface area contributed by atoms with Gasteiger partial charge in [-0.3, -0.25) is 4.90 Å². The van der Waals surface area contributed by atoms with E-state index in [2.05, 4.69) is 33.9 Å². The van der Waals surface area contributed by atoms with Gasteiger partial charge >= 0.3 is 0 Å². The number of nitrogens with zero attached hydrogens (tertiary/aromatic N) is 2. The van der Waals surface area contributed by atoms with Crippen LogP contribution in [0.1, 0.15) is 11.6 Å². The Hall–Kier alpha value is -1.93. The number of rotatable bonds is 7. The van der Waals surface area contributed by atoms with Gasteiger partial charge in [0, 0.05) is 45.5 Å². The lowest BCUT2D eigenvalue weighted by molar-refractivity contribution is 0.0172. The molecular formula is C20H27N3O3S. The van der Waals surface area contributed by atoms with Crippen LogP contribution in [-0.2, 0) is 14.8 Å². The van der Waals surface area contributed by atoms with Crippen molar-refractivity contribution in [1.82, 2.24) is 9.62 Å². The van der Waals surface area contributed by atoms with Crippen LogP contribution in [0, 0.1) is 0 Å². The second-order valence-electron chi connectivity index (χ2n) is 6.82. The molecule has 0 bridgehead atoms. The molecule has 0 radical (unpaired) electrons. The number of morpholine rings is 1. The van der Waals surface area contributed by atoms with E-state index in [1.165, 1.54) is 0 Å². The minimum atomic E-state index is -3.54. The zero-order valence-corrected chi connectivity index (χ0v) is 16.7. The molecule has 27 heavy (non-hydrogen) atoms. The first kappa shape index (κ1) is 19.8. The Balaban J connectivity index is 1.80. The van der Waals surface area contributed by atoms with E-state index in [0.717, 1.165) is 24.3 Å². The van der Waals surface area contributed by atoms with Crippen molar-refractivity contribution in [3.8, 4) is 0 Å². The van der Waals surface area contributed by atoms with E-state index in [1.54, 1.807) is 24.3 Å². The van der Waals surface area contributed by atoms with Gasteiger partial charge in [0.15, 0.2) is 0 Å². The Morgan fingerprint density at radius 3 is 2.26 bits per heavy atom. The average molecular weight is 390 g/mol. The molecule has 0 amide bonds. The van der Waals surface area contributed by atoms with Gasteiger partial charge in [0.05, 0.1) is 18.1 Å². The molecule has 1 saturated heterocycles. The van der Waals surface area contributed by atoms with E-state index in [9.17, 15) is 8.42 Å². The molecule has 7 heteroatoms. The Kier molecular flexibility index (Phi) is 6.49. The highest BCUT2D eigenvalue weighted by atomic mass is 32.2. The SMILES string of the molecule is CN(C)c1ccc([C@H](CNS(=O)(=O)c2ccccc2)N2CCOCC2)cc1. The standard InChI is InChI=1S/C20H27N3O3S/c1-22(2)18-10-8-17(9-11-18)20(23-12-14-26-15-13-23)16-21-27(24,25)19-6-4-3-5-7-19/h3-11,20-21H,12-16H2,1-2H3/t20-/m0/s1. The van der Waals surface area contributed by atoms with Crippen LogP contribution in [0.5, 0.6) is 0 Å². The summed E-state index contributed by atoms with van der Waals surface area (Å²) < 4.78 is 33.5. The number of hydrogen-bond donors (Lipinski definition) is 1. The lowest BCUT2D eigenvalue weighted by atomic mass is 10.0. The minimum Gasteiger partial charge on any atom is -0.379 e. The highest BCUT2D eigenvalue weighted by molar-refractivity contribution is 7.89. The summed E-state index contributed by atoms with van der Waals surface area (Å²) in [6.07, 6.45) is 0. The Labute approximate surface area is 161 Å². The quantitative estimate of drug-likeness (QED) is 0.786. The molecule has 0 spiro atoms. The highest BCUT2D eigenvalue weighted by Gasteiger charge is 2.25. The summed E-state index contributed by atoms with van der Waals surface area (Å²) in [5.41, 5.74) is 2.21. The van der Waals surface area contributed by atoms with Crippen molar-refractivity contribution in [1.29, 1.82) is 0 Å². The van der Waals surface area contributed by atoms with E-state index >= 15 is 0 Å². The number of sulfonamides is 1. The molecule has 1 aliphatic heterocycles. The van der Waals surface area contributed by atoms with Gasteiger partial charge in [-0.05, 0) is 29.8 Å². The summed E-state index contributed by atoms with van der Waals surface area (Å²) in [5.74, 6) is 0. The first-order chi connectivity index (χ1) is 13.0. The molecule has 1 N–H and O–H groups in total. The third-order valence-electron chi connectivity index (χ3n) is 4.80. The van der Waals surface area contributed by atoms with Gasteiger partial charge in [-0.25, -0.2) is 13.1 Å². The maximum absolute atomic E-state index is 12.6. The van der Waals surface area contributed by atoms with Gasteiger partial charge in [0.1, 0.15) is 0 Å². The summed E-state index contributed by atoms with van der Waals surface area (Å²) in [4.78, 5) is 4.61. The molecule has 0 saturated carbocycles. The monoisotopic (exact) mass is 389 g/mol. The topological polar surface area (TPSA) is 61.9 Å². The van der Waals surface area contributed by atoms with Crippen LogP contribution in [-0.4, -0.2) is 60.3 Å². The first-order valence-electron chi connectivity index (χ1n) is 9.11. The molecule has 1 fully saturated rings. The Bertz CT molecular complexity index is 817. The Morgan fingerprint density at radius 2 is 1.67 bits per heavy atom. The third kappa shape index (κ3) is 5.07. The fraction of sp³-hybridized carbons (Fsp3) is 0.400. The van der Waals surface area contributed by atoms with Gasteiger partial charge in [-0.15, -0.1) is 0 Å². The van der Waals surface area contributed by atoms with Gasteiger partial charge in [0.25, 0.3) is 0 Å². The molecule has 2 aromatic rings. The first-order valence-corrected chi connectivity index (χ1v) is 10.6. The van der Waals surface area contributed by atoms with Crippen molar-refractivity contribution in [2.45, 2.75) is 10.9 Å². The molecule has 0 aliphatic carbocycles. The number of anilines is 1. The maximum atomic E-state index is 12.6. The number of hydrogen-bond acceptors (Lipinski definition) is 5. The van der Waals surface area contributed by atoms with Crippen LogP contribution in [0.15, 0.2) is 59.5 Å². The second kappa shape index (κ2) is 8.84. The number of nitrogens with one attached hydrogen (secondary N) is 1. The van der Waals surface area contributed by atoms with Crippen LogP contribution >= 0.6 is 0 Å². The van der Waals surface area contributed by atoms with Crippen molar-refractivity contribution in [2.24, 2.45) is 0 Å². The fourth-order valence-electron chi connectivity index (χ4n) is 3.21. The summed E-state index contributed by atoms with van der Waals surface area (Å²) in [7, 11) is 0.465. The molecule has 1 aliphatic rings. The summed E-state index contributed by atoms with van der Waals surface area (Å²) in [5, 5.41) is 0. The second-order valence-corrected chi connectivity index (χ2v) is 8.58. The molecule has 3 rings (SSSR count). The van der Waals surface area contributed by atoms with Crippen molar-refractivity contribution in [2.75, 3.05) is 51.8 Å². The van der Waals surface area contributed by atoms with Crippen molar-refractivity contribution >= 4 is 15.7 Å². The summed E-state index contributed by atoms with van der Waals surface area (Å²) in [6.45, 7) is 3.22. The predicted octanol–water partition coefficient (Wildman–Crippen LogP) is 2.10. The van der Waals surface area contributed by atoms with Gasteiger partial charge in [0.2, 0.25) is 10.0 Å². The normalized spacial score (nSPS) is 16.8. The van der Waals surface area contributed by atoms with Gasteiger partial charge < -0.3 is 9.64 Å². The molecule has 1 heterocycles. The van der Waals surface area contributed by atoms with E-state index in [-0.39, 0.29) is 10.9 Å². The molecular weight excluding hydrogens is 362 g/mol. The van der Waals surface area contributed by atoms with Crippen molar-refractivity contribution in [3.63, 3.8) is 0 Å². The molecule has 1 atom stereocenters. The maximum Gasteiger partial charge on any atom is 0.240 e. The Morgan fingerprint density at radius 1 is 1.04 bits per heavy atom. The van der Waals surface area contributed by atoms with E-state index in [0.29, 0.717) is 19.8 Å². The van der Waals surface area contributed by atoms with E-state index < -0.39 is 10.0 Å².